The summed E-state index contributed by atoms with van der Waals surface area (Å²) in [6.07, 6.45) is 14.5. The van der Waals surface area contributed by atoms with Crippen molar-refractivity contribution in [3.8, 4) is 0 Å². The molecular weight excluding hydrogens is 490 g/mol. The molecule has 4 saturated carbocycles. The van der Waals surface area contributed by atoms with Crippen LogP contribution in [0.3, 0.4) is 0 Å². The minimum Gasteiger partial charge on any atom is -0.550 e. The van der Waals surface area contributed by atoms with E-state index in [1.54, 1.807) is 0 Å². The molecule has 5 heteroatoms. The molecule has 0 N–H and O–H groups in total. The molecule has 1 heterocycles. The lowest BCUT2D eigenvalue weighted by Gasteiger charge is -2.61. The van der Waals surface area contributed by atoms with E-state index < -0.39 is 5.97 Å². The van der Waals surface area contributed by atoms with Crippen molar-refractivity contribution in [2.45, 2.75) is 104 Å². The number of rotatable bonds is 8. The van der Waals surface area contributed by atoms with Crippen LogP contribution in [0.25, 0.3) is 10.2 Å². The maximum Gasteiger partial charge on any atom is 0.0938 e. The van der Waals surface area contributed by atoms with Crippen molar-refractivity contribution in [2.75, 3.05) is 6.61 Å². The molecule has 4 nitrogen and oxygen atoms in total. The second-order valence-electron chi connectivity index (χ2n) is 13.9. The van der Waals surface area contributed by atoms with Crippen LogP contribution in [0.2, 0.25) is 0 Å². The van der Waals surface area contributed by atoms with Crippen molar-refractivity contribution in [3.05, 3.63) is 29.3 Å². The van der Waals surface area contributed by atoms with Gasteiger partial charge in [0.25, 0.3) is 0 Å². The van der Waals surface area contributed by atoms with Crippen LogP contribution in [0.5, 0.6) is 0 Å². The van der Waals surface area contributed by atoms with Gasteiger partial charge in [0.2, 0.25) is 0 Å². The average molecular weight is 537 g/mol. The van der Waals surface area contributed by atoms with Gasteiger partial charge in [-0.1, -0.05) is 32.9 Å². The Morgan fingerprint density at radius 1 is 1.08 bits per heavy atom. The second-order valence-corrected chi connectivity index (χ2v) is 15.0. The molecule has 4 fully saturated rings. The maximum absolute atomic E-state index is 10.8. The smallest absolute Gasteiger partial charge is 0.0938 e. The van der Waals surface area contributed by atoms with Gasteiger partial charge in [0.1, 0.15) is 0 Å². The van der Waals surface area contributed by atoms with Gasteiger partial charge in [0, 0.05) is 12.4 Å². The fourth-order valence-electron chi connectivity index (χ4n) is 10.2. The van der Waals surface area contributed by atoms with Gasteiger partial charge >= 0.3 is 0 Å². The first-order valence-corrected chi connectivity index (χ1v) is 16.3. The topological polar surface area (TPSA) is 62.2 Å². The number of hydrogen-bond acceptors (Lipinski definition) is 5. The molecular formula is C33H46NO3S-. The first-order chi connectivity index (χ1) is 18.3. The van der Waals surface area contributed by atoms with Crippen LogP contribution in [0.15, 0.2) is 24.3 Å². The highest BCUT2D eigenvalue weighted by Gasteiger charge is 2.60. The number of nitrogens with zero attached hydrogens (tertiary/aromatic N) is 1. The van der Waals surface area contributed by atoms with E-state index in [2.05, 4.69) is 45.0 Å². The largest absolute Gasteiger partial charge is 0.550 e. The predicted octanol–water partition coefficient (Wildman–Crippen LogP) is 7.05. The number of thiazole rings is 1. The molecule has 208 valence electrons. The number of carboxylic acids is 1. The summed E-state index contributed by atoms with van der Waals surface area (Å²) in [7, 11) is 0. The standard InChI is InChI=1S/C33H47NO3S/c1-21(8-13-30-34-28-6-4-5-7-29(28)38-30)25-11-12-26-24-10-9-22-20-23(37-19-16-31(35)36)14-17-32(22,2)27(24)15-18-33(25,26)3/h4-7,21-27H,8-20H2,1-3H3,(H,35,36)/p-1/t21-,22+,23-,24+,25+,26-,27+,32-,33+/m0/s1. The number of fused-ring (bicyclic) bond motifs is 6. The fraction of sp³-hybridized carbons (Fsp3) is 0.758. The summed E-state index contributed by atoms with van der Waals surface area (Å²) < 4.78 is 7.32. The van der Waals surface area contributed by atoms with Crippen LogP contribution in [0, 0.1) is 46.3 Å². The number of carboxylic acid groups (broad SMARTS) is 1. The molecule has 4 aliphatic carbocycles. The summed E-state index contributed by atoms with van der Waals surface area (Å²) in [4.78, 5) is 15.7. The van der Waals surface area contributed by atoms with E-state index in [0.29, 0.717) is 17.4 Å². The Hall–Kier alpha value is -1.46. The van der Waals surface area contributed by atoms with Crippen molar-refractivity contribution < 1.29 is 14.6 Å². The third-order valence-corrected chi connectivity index (χ3v) is 13.3. The summed E-state index contributed by atoms with van der Waals surface area (Å²) >= 11 is 1.89. The predicted molar refractivity (Wildman–Crippen MR) is 152 cm³/mol. The molecule has 0 spiro atoms. The Labute approximate surface area is 233 Å². The van der Waals surface area contributed by atoms with Crippen molar-refractivity contribution in [1.29, 1.82) is 0 Å². The van der Waals surface area contributed by atoms with Crippen LogP contribution in [0.4, 0.5) is 0 Å². The molecule has 0 saturated heterocycles. The van der Waals surface area contributed by atoms with E-state index in [-0.39, 0.29) is 12.5 Å². The zero-order valence-corrected chi connectivity index (χ0v) is 24.4. The fourth-order valence-corrected chi connectivity index (χ4v) is 11.2. The Kier molecular flexibility index (Phi) is 7.39. The summed E-state index contributed by atoms with van der Waals surface area (Å²) in [5, 5.41) is 12.1. The minimum absolute atomic E-state index is 0.0174. The van der Waals surface area contributed by atoms with Gasteiger partial charge in [-0.25, -0.2) is 4.98 Å². The number of carbonyl (C=O) groups excluding carboxylic acids is 1. The van der Waals surface area contributed by atoms with E-state index in [1.165, 1.54) is 61.1 Å². The number of aryl methyl sites for hydroxylation is 1. The van der Waals surface area contributed by atoms with Gasteiger partial charge in [-0.3, -0.25) is 0 Å². The summed E-state index contributed by atoms with van der Waals surface area (Å²) in [5.41, 5.74) is 2.10. The van der Waals surface area contributed by atoms with E-state index in [4.69, 9.17) is 9.72 Å². The first kappa shape index (κ1) is 26.7. The maximum atomic E-state index is 10.8. The van der Waals surface area contributed by atoms with Gasteiger partial charge in [0.05, 0.1) is 27.9 Å². The van der Waals surface area contributed by atoms with Gasteiger partial charge in [-0.2, -0.15) is 0 Å². The highest BCUT2D eigenvalue weighted by Crippen LogP contribution is 2.68. The first-order valence-electron chi connectivity index (χ1n) is 15.4. The molecule has 0 radical (unpaired) electrons. The van der Waals surface area contributed by atoms with E-state index in [9.17, 15) is 9.90 Å². The lowest BCUT2D eigenvalue weighted by Crippen LogP contribution is -2.54. The Balaban J connectivity index is 1.09. The van der Waals surface area contributed by atoms with Gasteiger partial charge in [-0.05, 0) is 129 Å². The Morgan fingerprint density at radius 2 is 1.87 bits per heavy atom. The van der Waals surface area contributed by atoms with Crippen molar-refractivity contribution in [3.63, 3.8) is 0 Å². The third-order valence-electron chi connectivity index (χ3n) is 12.2. The number of para-hydroxylation sites is 1. The molecule has 1 aromatic carbocycles. The highest BCUT2D eigenvalue weighted by atomic mass is 32.1. The van der Waals surface area contributed by atoms with Gasteiger partial charge in [0.15, 0.2) is 0 Å². The van der Waals surface area contributed by atoms with Gasteiger partial charge in [-0.15, -0.1) is 11.3 Å². The molecule has 2 aromatic rings. The van der Waals surface area contributed by atoms with Crippen molar-refractivity contribution in [1.82, 2.24) is 4.98 Å². The quantitative estimate of drug-likeness (QED) is 0.363. The molecule has 0 amide bonds. The minimum atomic E-state index is -1.00. The van der Waals surface area contributed by atoms with Crippen LogP contribution >= 0.6 is 11.3 Å². The van der Waals surface area contributed by atoms with E-state index >= 15 is 0 Å². The lowest BCUT2D eigenvalue weighted by molar-refractivity contribution is -0.306. The number of hydrogen-bond donors (Lipinski definition) is 0. The number of aromatic nitrogens is 1. The number of carbonyl (C=O) groups is 1. The normalized spacial score (nSPS) is 39.3. The summed E-state index contributed by atoms with van der Waals surface area (Å²) in [6.45, 7) is 8.14. The SMILES string of the molecule is C[C@@H](CCc1nc2ccccc2s1)[C@H]1CC[C@H]2[C@H]3CC[C@@H]4C[C@@H](OCCC(=O)[O-])CC[C@]4(C)[C@@H]3CC[C@]12C. The van der Waals surface area contributed by atoms with Crippen LogP contribution in [-0.4, -0.2) is 23.7 Å². The Morgan fingerprint density at radius 3 is 2.68 bits per heavy atom. The Bertz CT molecular complexity index is 1110. The van der Waals surface area contributed by atoms with E-state index in [0.717, 1.165) is 60.3 Å². The molecule has 0 aliphatic heterocycles. The molecule has 0 bridgehead atoms. The molecule has 0 unspecified atom stereocenters. The average Bonchev–Trinajstić information content (AvgIpc) is 3.47. The number of aliphatic carboxylic acids is 1. The van der Waals surface area contributed by atoms with Crippen LogP contribution < -0.4 is 5.11 Å². The molecule has 6 rings (SSSR count). The molecule has 38 heavy (non-hydrogen) atoms. The highest BCUT2D eigenvalue weighted by molar-refractivity contribution is 7.18. The number of ether oxygens (including phenoxy) is 1. The zero-order valence-electron chi connectivity index (χ0n) is 23.6. The summed E-state index contributed by atoms with van der Waals surface area (Å²) in [6, 6.07) is 8.56. The van der Waals surface area contributed by atoms with Gasteiger partial charge < -0.3 is 14.6 Å². The third kappa shape index (κ3) is 4.74. The van der Waals surface area contributed by atoms with Crippen molar-refractivity contribution >= 4 is 27.5 Å². The zero-order chi connectivity index (χ0) is 26.5. The van der Waals surface area contributed by atoms with Crippen LogP contribution in [0.1, 0.15) is 96.4 Å². The number of benzene rings is 1. The van der Waals surface area contributed by atoms with Crippen molar-refractivity contribution in [2.24, 2.45) is 46.3 Å². The summed E-state index contributed by atoms with van der Waals surface area (Å²) in [5.74, 6) is 3.99. The van der Waals surface area contributed by atoms with E-state index in [1.807, 2.05) is 11.3 Å². The molecule has 1 aromatic heterocycles. The second kappa shape index (κ2) is 10.5. The monoisotopic (exact) mass is 536 g/mol. The molecule has 4 aliphatic rings. The molecule has 9 atom stereocenters. The lowest BCUT2D eigenvalue weighted by atomic mass is 9.44. The van der Waals surface area contributed by atoms with Crippen LogP contribution in [-0.2, 0) is 16.0 Å².